The molecule has 0 spiro atoms. The Labute approximate surface area is 120 Å². The molecule has 0 aliphatic rings. The molecule has 120 valence electrons. The van der Waals surface area contributed by atoms with E-state index in [2.05, 4.69) is 8.92 Å². The Kier molecular flexibility index (Phi) is 6.28. The number of rotatable bonds is 8. The first-order valence-corrected chi connectivity index (χ1v) is 7.75. The van der Waals surface area contributed by atoms with Gasteiger partial charge in [-0.25, -0.2) is 0 Å². The molecule has 0 radical (unpaired) electrons. The molecule has 0 fully saturated rings. The summed E-state index contributed by atoms with van der Waals surface area (Å²) in [5, 5.41) is 0. The predicted octanol–water partition coefficient (Wildman–Crippen LogP) is 2.37. The molecule has 21 heavy (non-hydrogen) atoms. The number of hydrogen-bond acceptors (Lipinski definition) is 5. The van der Waals surface area contributed by atoms with Gasteiger partial charge in [0.05, 0.1) is 19.5 Å². The van der Waals surface area contributed by atoms with Gasteiger partial charge in [-0.15, -0.1) is 0 Å². The highest BCUT2D eigenvalue weighted by Crippen LogP contribution is 2.28. The molecule has 5 nitrogen and oxygen atoms in total. The molecule has 0 unspecified atom stereocenters. The van der Waals surface area contributed by atoms with Gasteiger partial charge in [-0.2, -0.15) is 21.6 Å². The van der Waals surface area contributed by atoms with Crippen LogP contribution in [0.25, 0.3) is 0 Å². The Morgan fingerprint density at radius 1 is 1.05 bits per heavy atom. The van der Waals surface area contributed by atoms with Gasteiger partial charge in [0.2, 0.25) is 0 Å². The zero-order chi connectivity index (χ0) is 15.9. The van der Waals surface area contributed by atoms with Crippen LogP contribution in [0.3, 0.4) is 0 Å². The van der Waals surface area contributed by atoms with Crippen LogP contribution in [0, 0.1) is 0 Å². The third kappa shape index (κ3) is 8.41. The lowest BCUT2D eigenvalue weighted by Crippen LogP contribution is -2.19. The predicted molar refractivity (Wildman–Crippen MR) is 68.9 cm³/mol. The maximum Gasteiger partial charge on any atom is 0.422 e. The summed E-state index contributed by atoms with van der Waals surface area (Å²) in [6.45, 7) is -1.39. The van der Waals surface area contributed by atoms with Gasteiger partial charge in [0.1, 0.15) is 0 Å². The van der Waals surface area contributed by atoms with Crippen molar-refractivity contribution >= 4 is 10.1 Å². The van der Waals surface area contributed by atoms with Crippen LogP contribution in [0.2, 0.25) is 0 Å². The monoisotopic (exact) mass is 328 g/mol. The van der Waals surface area contributed by atoms with Crippen molar-refractivity contribution in [2.24, 2.45) is 0 Å². The van der Waals surface area contributed by atoms with Gasteiger partial charge in [-0.05, 0) is 12.1 Å². The summed E-state index contributed by atoms with van der Waals surface area (Å²) >= 11 is 0. The van der Waals surface area contributed by atoms with Gasteiger partial charge in [0.15, 0.2) is 18.1 Å². The van der Waals surface area contributed by atoms with Gasteiger partial charge in [0.25, 0.3) is 10.1 Å². The molecule has 0 heterocycles. The molecule has 1 rings (SSSR count). The van der Waals surface area contributed by atoms with E-state index < -0.39 is 22.9 Å². The summed E-state index contributed by atoms with van der Waals surface area (Å²) in [7, 11) is -3.51. The highest BCUT2D eigenvalue weighted by Gasteiger charge is 2.28. The van der Waals surface area contributed by atoms with Crippen LogP contribution in [0.1, 0.15) is 6.42 Å². The van der Waals surface area contributed by atoms with Crippen LogP contribution in [0.15, 0.2) is 24.3 Å². The molecule has 0 aliphatic carbocycles. The molecule has 0 atom stereocenters. The quantitative estimate of drug-likeness (QED) is 0.541. The normalized spacial score (nSPS) is 12.2. The standard InChI is InChI=1S/C12H15F3O5S/c1-21(16,17)20-8-4-7-18-10-5-2-3-6-11(10)19-9-12(13,14)15/h2-3,5-6H,4,7-9H2,1H3. The van der Waals surface area contributed by atoms with Gasteiger partial charge >= 0.3 is 6.18 Å². The smallest absolute Gasteiger partial charge is 0.422 e. The van der Waals surface area contributed by atoms with Crippen molar-refractivity contribution in [3.05, 3.63) is 24.3 Å². The fourth-order valence-corrected chi connectivity index (χ4v) is 1.72. The molecule has 0 bridgehead atoms. The SMILES string of the molecule is CS(=O)(=O)OCCCOc1ccccc1OCC(F)(F)F. The highest BCUT2D eigenvalue weighted by molar-refractivity contribution is 7.85. The Balaban J connectivity index is 2.44. The Hall–Kier alpha value is -1.48. The molecule has 0 saturated heterocycles. The lowest BCUT2D eigenvalue weighted by atomic mass is 10.3. The second kappa shape index (κ2) is 7.51. The van der Waals surface area contributed by atoms with E-state index in [-0.39, 0.29) is 31.1 Å². The Morgan fingerprint density at radius 2 is 1.62 bits per heavy atom. The van der Waals surface area contributed by atoms with Crippen molar-refractivity contribution < 1.29 is 35.2 Å². The van der Waals surface area contributed by atoms with E-state index in [1.807, 2.05) is 0 Å². The first kappa shape index (κ1) is 17.6. The average molecular weight is 328 g/mol. The summed E-state index contributed by atoms with van der Waals surface area (Å²) in [6.07, 6.45) is -3.24. The molecular formula is C12H15F3O5S. The van der Waals surface area contributed by atoms with Crippen molar-refractivity contribution in [3.8, 4) is 11.5 Å². The van der Waals surface area contributed by atoms with E-state index in [4.69, 9.17) is 4.74 Å². The average Bonchev–Trinajstić information content (AvgIpc) is 2.35. The first-order chi connectivity index (χ1) is 9.67. The zero-order valence-electron chi connectivity index (χ0n) is 11.2. The second-order valence-corrected chi connectivity index (χ2v) is 5.72. The Bertz CT molecular complexity index is 542. The van der Waals surface area contributed by atoms with E-state index >= 15 is 0 Å². The summed E-state index contributed by atoms with van der Waals surface area (Å²) in [4.78, 5) is 0. The van der Waals surface area contributed by atoms with Crippen molar-refractivity contribution in [1.82, 2.24) is 0 Å². The van der Waals surface area contributed by atoms with Crippen LogP contribution in [0.5, 0.6) is 11.5 Å². The van der Waals surface area contributed by atoms with E-state index in [1.54, 1.807) is 6.07 Å². The molecule has 1 aromatic rings. The van der Waals surface area contributed by atoms with E-state index in [0.29, 0.717) is 0 Å². The minimum Gasteiger partial charge on any atom is -0.490 e. The fraction of sp³-hybridized carbons (Fsp3) is 0.500. The van der Waals surface area contributed by atoms with Gasteiger partial charge in [-0.3, -0.25) is 4.18 Å². The largest absolute Gasteiger partial charge is 0.490 e. The summed E-state index contributed by atoms with van der Waals surface area (Å²) in [6, 6.07) is 5.92. The molecular weight excluding hydrogens is 313 g/mol. The Morgan fingerprint density at radius 3 is 2.14 bits per heavy atom. The fourth-order valence-electron chi connectivity index (χ4n) is 1.30. The van der Waals surface area contributed by atoms with E-state index in [1.165, 1.54) is 18.2 Å². The molecule has 0 aliphatic heterocycles. The summed E-state index contributed by atoms with van der Waals surface area (Å²) in [5.74, 6) is 0.125. The molecule has 1 aromatic carbocycles. The molecule has 9 heteroatoms. The van der Waals surface area contributed by atoms with Gasteiger partial charge in [-0.1, -0.05) is 12.1 Å². The highest BCUT2D eigenvalue weighted by atomic mass is 32.2. The number of halogens is 3. The summed E-state index contributed by atoms with van der Waals surface area (Å²) < 4.78 is 72.1. The molecule has 0 saturated carbocycles. The van der Waals surface area contributed by atoms with E-state index in [0.717, 1.165) is 6.26 Å². The number of para-hydroxylation sites is 2. The summed E-state index contributed by atoms with van der Waals surface area (Å²) in [5.41, 5.74) is 0. The van der Waals surface area contributed by atoms with Crippen molar-refractivity contribution in [2.75, 3.05) is 26.1 Å². The lowest BCUT2D eigenvalue weighted by molar-refractivity contribution is -0.153. The maximum atomic E-state index is 12.1. The van der Waals surface area contributed by atoms with Gasteiger partial charge < -0.3 is 9.47 Å². The van der Waals surface area contributed by atoms with Crippen LogP contribution in [-0.4, -0.2) is 40.7 Å². The maximum absolute atomic E-state index is 12.1. The van der Waals surface area contributed by atoms with Gasteiger partial charge in [0, 0.05) is 6.42 Å². The van der Waals surface area contributed by atoms with Crippen molar-refractivity contribution in [1.29, 1.82) is 0 Å². The molecule has 0 N–H and O–H groups in total. The number of hydrogen-bond donors (Lipinski definition) is 0. The lowest BCUT2D eigenvalue weighted by Gasteiger charge is -2.13. The molecule has 0 amide bonds. The zero-order valence-corrected chi connectivity index (χ0v) is 12.0. The number of alkyl halides is 3. The van der Waals surface area contributed by atoms with Crippen LogP contribution in [0.4, 0.5) is 13.2 Å². The minimum atomic E-state index is -4.43. The number of ether oxygens (including phenoxy) is 2. The third-order valence-electron chi connectivity index (χ3n) is 2.08. The number of benzene rings is 1. The first-order valence-electron chi connectivity index (χ1n) is 5.93. The minimum absolute atomic E-state index is 0.0288. The van der Waals surface area contributed by atoms with Crippen molar-refractivity contribution in [2.45, 2.75) is 12.6 Å². The molecule has 0 aromatic heterocycles. The topological polar surface area (TPSA) is 61.8 Å². The van der Waals surface area contributed by atoms with Crippen LogP contribution < -0.4 is 9.47 Å². The second-order valence-electron chi connectivity index (χ2n) is 4.08. The van der Waals surface area contributed by atoms with E-state index in [9.17, 15) is 21.6 Å². The van der Waals surface area contributed by atoms with Crippen molar-refractivity contribution in [3.63, 3.8) is 0 Å². The van der Waals surface area contributed by atoms with Crippen LogP contribution in [-0.2, 0) is 14.3 Å². The van der Waals surface area contributed by atoms with Crippen LogP contribution >= 0.6 is 0 Å². The third-order valence-corrected chi connectivity index (χ3v) is 2.68.